The van der Waals surface area contributed by atoms with Crippen LogP contribution in [0.4, 0.5) is 0 Å². The molecule has 2 aliphatic rings. The molecule has 0 N–H and O–H groups in total. The largest absolute Gasteiger partial charge is 0.374 e. The van der Waals surface area contributed by atoms with Crippen LogP contribution in [0.3, 0.4) is 0 Å². The van der Waals surface area contributed by atoms with Gasteiger partial charge in [0.15, 0.2) is 6.29 Å². The summed E-state index contributed by atoms with van der Waals surface area (Å²) in [4.78, 5) is 0. The minimum Gasteiger partial charge on any atom is -0.374 e. The van der Waals surface area contributed by atoms with Crippen LogP contribution in [0, 0.1) is 0 Å². The van der Waals surface area contributed by atoms with E-state index in [9.17, 15) is 0 Å². The molecule has 3 rings (SSSR count). The van der Waals surface area contributed by atoms with Crippen LogP contribution >= 0.6 is 0 Å². The summed E-state index contributed by atoms with van der Waals surface area (Å²) in [7, 11) is 1.64. The Kier molecular flexibility index (Phi) is 3.11. The van der Waals surface area contributed by atoms with Gasteiger partial charge in [-0.1, -0.05) is 30.3 Å². The Balaban J connectivity index is 1.44. The Labute approximate surface area is 100 Å². The first-order chi connectivity index (χ1) is 8.38. The van der Waals surface area contributed by atoms with E-state index >= 15 is 0 Å². The van der Waals surface area contributed by atoms with Crippen molar-refractivity contribution >= 4 is 0 Å². The standard InChI is InChI=1S/C13H16O4/c1-14-13-12-11(17-12)10(16-13)8-15-7-9-5-3-2-4-6-9/h2-6,10-13H,7-8H2,1H3/t10-,11-,12-,13+/m1/s1. The van der Waals surface area contributed by atoms with Gasteiger partial charge in [0.2, 0.25) is 0 Å². The van der Waals surface area contributed by atoms with Crippen LogP contribution in [0.1, 0.15) is 5.56 Å². The summed E-state index contributed by atoms with van der Waals surface area (Å²) < 4.78 is 21.9. The number of ether oxygens (including phenoxy) is 4. The molecule has 0 unspecified atom stereocenters. The Bertz CT molecular complexity index is 367. The summed E-state index contributed by atoms with van der Waals surface area (Å²) in [6.45, 7) is 1.16. The number of rotatable bonds is 5. The van der Waals surface area contributed by atoms with Gasteiger partial charge >= 0.3 is 0 Å². The van der Waals surface area contributed by atoms with E-state index in [1.807, 2.05) is 30.3 Å². The minimum absolute atomic E-state index is 0.00802. The van der Waals surface area contributed by atoms with Crippen molar-refractivity contribution in [1.82, 2.24) is 0 Å². The fraction of sp³-hybridized carbons (Fsp3) is 0.538. The lowest BCUT2D eigenvalue weighted by atomic mass is 10.2. The maximum absolute atomic E-state index is 5.64. The first-order valence-corrected chi connectivity index (χ1v) is 5.84. The molecular weight excluding hydrogens is 220 g/mol. The predicted molar refractivity (Wildman–Crippen MR) is 60.4 cm³/mol. The molecule has 0 saturated carbocycles. The Hall–Kier alpha value is -0.940. The smallest absolute Gasteiger partial charge is 0.186 e. The topological polar surface area (TPSA) is 40.2 Å². The Morgan fingerprint density at radius 1 is 1.12 bits per heavy atom. The van der Waals surface area contributed by atoms with Crippen LogP contribution in [0.2, 0.25) is 0 Å². The van der Waals surface area contributed by atoms with E-state index in [0.717, 1.165) is 0 Å². The fourth-order valence-electron chi connectivity index (χ4n) is 2.17. The zero-order valence-electron chi connectivity index (χ0n) is 9.74. The summed E-state index contributed by atoms with van der Waals surface area (Å²) in [5.41, 5.74) is 1.17. The average Bonchev–Trinajstić information content (AvgIpc) is 3.09. The summed E-state index contributed by atoms with van der Waals surface area (Å²) in [5, 5.41) is 0. The highest BCUT2D eigenvalue weighted by Gasteiger charge is 2.58. The highest BCUT2D eigenvalue weighted by Crippen LogP contribution is 2.39. The van der Waals surface area contributed by atoms with Crippen molar-refractivity contribution in [1.29, 1.82) is 0 Å². The molecule has 2 heterocycles. The maximum atomic E-state index is 5.64. The van der Waals surface area contributed by atoms with E-state index in [0.29, 0.717) is 13.2 Å². The SMILES string of the molecule is CO[C@H]1O[C@H](COCc2ccccc2)[C@H]2O[C@@H]12. The van der Waals surface area contributed by atoms with Crippen molar-refractivity contribution in [2.75, 3.05) is 13.7 Å². The molecule has 1 aromatic rings. The molecule has 1 aromatic carbocycles. The normalized spacial score (nSPS) is 34.6. The lowest BCUT2D eigenvalue weighted by Gasteiger charge is -2.16. The second-order valence-electron chi connectivity index (χ2n) is 4.34. The van der Waals surface area contributed by atoms with Crippen LogP contribution in [-0.2, 0) is 25.6 Å². The van der Waals surface area contributed by atoms with Crippen LogP contribution in [0.15, 0.2) is 30.3 Å². The highest BCUT2D eigenvalue weighted by atomic mass is 16.8. The number of fused-ring (bicyclic) bond motifs is 1. The average molecular weight is 236 g/mol. The summed E-state index contributed by atoms with van der Waals surface area (Å²) in [5.74, 6) is 0. The first-order valence-electron chi connectivity index (χ1n) is 5.84. The van der Waals surface area contributed by atoms with Crippen molar-refractivity contribution in [3.8, 4) is 0 Å². The fourth-order valence-corrected chi connectivity index (χ4v) is 2.17. The van der Waals surface area contributed by atoms with Gasteiger partial charge in [0.05, 0.1) is 13.2 Å². The Morgan fingerprint density at radius 2 is 1.94 bits per heavy atom. The number of hydrogen-bond donors (Lipinski definition) is 0. The second-order valence-corrected chi connectivity index (χ2v) is 4.34. The van der Waals surface area contributed by atoms with Crippen molar-refractivity contribution in [3.05, 3.63) is 35.9 Å². The van der Waals surface area contributed by atoms with Gasteiger partial charge in [-0.15, -0.1) is 0 Å². The number of benzene rings is 1. The van der Waals surface area contributed by atoms with E-state index in [-0.39, 0.29) is 24.6 Å². The minimum atomic E-state index is -0.217. The van der Waals surface area contributed by atoms with E-state index in [4.69, 9.17) is 18.9 Å². The summed E-state index contributed by atoms with van der Waals surface area (Å²) in [6, 6.07) is 10.1. The van der Waals surface area contributed by atoms with Crippen LogP contribution < -0.4 is 0 Å². The van der Waals surface area contributed by atoms with Gasteiger partial charge < -0.3 is 18.9 Å². The first kappa shape index (κ1) is 11.2. The van der Waals surface area contributed by atoms with Crippen molar-refractivity contribution in [2.24, 2.45) is 0 Å². The quantitative estimate of drug-likeness (QED) is 0.723. The molecule has 0 spiro atoms. The highest BCUT2D eigenvalue weighted by molar-refractivity contribution is 5.13. The molecule has 0 radical (unpaired) electrons. The molecule has 2 fully saturated rings. The van der Waals surface area contributed by atoms with Gasteiger partial charge in [0, 0.05) is 7.11 Å². The zero-order valence-corrected chi connectivity index (χ0v) is 9.74. The molecule has 2 saturated heterocycles. The maximum Gasteiger partial charge on any atom is 0.186 e. The van der Waals surface area contributed by atoms with Crippen LogP contribution in [0.25, 0.3) is 0 Å². The summed E-state index contributed by atoms with van der Waals surface area (Å²) in [6.07, 6.45) is 0.0695. The molecule has 4 nitrogen and oxygen atoms in total. The van der Waals surface area contributed by atoms with Gasteiger partial charge in [-0.25, -0.2) is 0 Å². The third kappa shape index (κ3) is 2.35. The number of methoxy groups -OCH3 is 1. The van der Waals surface area contributed by atoms with Gasteiger partial charge in [-0.2, -0.15) is 0 Å². The molecule has 92 valence electrons. The molecule has 0 amide bonds. The third-order valence-corrected chi connectivity index (χ3v) is 3.13. The lowest BCUT2D eigenvalue weighted by Crippen LogP contribution is -2.25. The van der Waals surface area contributed by atoms with E-state index in [1.54, 1.807) is 7.11 Å². The van der Waals surface area contributed by atoms with E-state index < -0.39 is 0 Å². The molecule has 0 aliphatic carbocycles. The number of epoxide rings is 1. The van der Waals surface area contributed by atoms with Crippen molar-refractivity contribution in [3.63, 3.8) is 0 Å². The number of hydrogen-bond acceptors (Lipinski definition) is 4. The zero-order chi connectivity index (χ0) is 11.7. The van der Waals surface area contributed by atoms with Gasteiger partial charge in [0.1, 0.15) is 18.3 Å². The predicted octanol–water partition coefficient (Wildman–Crippen LogP) is 1.34. The molecule has 2 aliphatic heterocycles. The van der Waals surface area contributed by atoms with E-state index in [2.05, 4.69) is 0 Å². The van der Waals surface area contributed by atoms with Crippen molar-refractivity contribution in [2.45, 2.75) is 31.2 Å². The van der Waals surface area contributed by atoms with Gasteiger partial charge in [0.25, 0.3) is 0 Å². The van der Waals surface area contributed by atoms with Gasteiger partial charge in [-0.3, -0.25) is 0 Å². The summed E-state index contributed by atoms with van der Waals surface area (Å²) >= 11 is 0. The lowest BCUT2D eigenvalue weighted by molar-refractivity contribution is -0.171. The van der Waals surface area contributed by atoms with Crippen LogP contribution in [-0.4, -0.2) is 38.3 Å². The monoisotopic (exact) mass is 236 g/mol. The Morgan fingerprint density at radius 3 is 2.65 bits per heavy atom. The molecular formula is C13H16O4. The molecule has 4 heteroatoms. The molecule has 0 aromatic heterocycles. The van der Waals surface area contributed by atoms with Crippen LogP contribution in [0.5, 0.6) is 0 Å². The second kappa shape index (κ2) is 4.74. The van der Waals surface area contributed by atoms with Crippen molar-refractivity contribution < 1.29 is 18.9 Å². The molecule has 4 atom stereocenters. The third-order valence-electron chi connectivity index (χ3n) is 3.13. The van der Waals surface area contributed by atoms with Gasteiger partial charge in [-0.05, 0) is 5.56 Å². The molecule has 17 heavy (non-hydrogen) atoms. The van der Waals surface area contributed by atoms with E-state index in [1.165, 1.54) is 5.56 Å². The molecule has 0 bridgehead atoms.